The number of likely N-dealkylation sites (tertiary alicyclic amines) is 1. The molecule has 1 aliphatic heterocycles. The van der Waals surface area contributed by atoms with Gasteiger partial charge >= 0.3 is 6.09 Å². The van der Waals surface area contributed by atoms with Gasteiger partial charge in [0.05, 0.1) is 6.54 Å². The average molecular weight is 546 g/mol. The number of piperidine rings is 1. The van der Waals surface area contributed by atoms with Crippen molar-refractivity contribution >= 4 is 36.0 Å². The highest BCUT2D eigenvalue weighted by atomic mass is 127. The Bertz CT molecular complexity index is 670. The van der Waals surface area contributed by atoms with Gasteiger partial charge in [-0.05, 0) is 46.1 Å². The normalized spacial score (nSPS) is 15.7. The van der Waals surface area contributed by atoms with Gasteiger partial charge in [0.25, 0.3) is 0 Å². The summed E-state index contributed by atoms with van der Waals surface area (Å²) in [5.41, 5.74) is 0.883. The third-order valence-electron chi connectivity index (χ3n) is 4.93. The monoisotopic (exact) mass is 545 g/mol. The van der Waals surface area contributed by atoms with E-state index in [0.717, 1.165) is 45.0 Å². The summed E-state index contributed by atoms with van der Waals surface area (Å²) in [5, 5.41) is 6.87. The van der Waals surface area contributed by atoms with Gasteiger partial charge in [-0.2, -0.15) is 0 Å². The van der Waals surface area contributed by atoms with Gasteiger partial charge in [-0.1, -0.05) is 30.3 Å². The van der Waals surface area contributed by atoms with E-state index in [1.165, 1.54) is 5.56 Å². The first-order valence-corrected chi connectivity index (χ1v) is 11.0. The maximum atomic E-state index is 12.1. The van der Waals surface area contributed by atoms with E-state index in [9.17, 15) is 4.79 Å². The van der Waals surface area contributed by atoms with Crippen molar-refractivity contribution in [2.75, 3.05) is 39.8 Å². The molecule has 31 heavy (non-hydrogen) atoms. The fourth-order valence-electron chi connectivity index (χ4n) is 3.33. The molecule has 1 fully saturated rings. The molecule has 0 aromatic heterocycles. The van der Waals surface area contributed by atoms with Crippen LogP contribution in [0.25, 0.3) is 0 Å². The van der Waals surface area contributed by atoms with Crippen molar-refractivity contribution in [2.45, 2.75) is 58.7 Å². The lowest BCUT2D eigenvalue weighted by Gasteiger charge is -2.33. The Hall–Kier alpha value is -1.55. The maximum absolute atomic E-state index is 12.1. The molecular formula is C23H40IN5O2. The number of benzene rings is 1. The Morgan fingerprint density at radius 3 is 2.45 bits per heavy atom. The molecule has 0 saturated carbocycles. The Balaban J connectivity index is 0.00000480. The van der Waals surface area contributed by atoms with Gasteiger partial charge in [-0.3, -0.25) is 9.89 Å². The molecule has 176 valence electrons. The molecule has 1 heterocycles. The zero-order valence-corrected chi connectivity index (χ0v) is 22.0. The molecular weight excluding hydrogens is 505 g/mol. The number of hydrogen-bond acceptors (Lipinski definition) is 4. The van der Waals surface area contributed by atoms with Crippen LogP contribution in [0.1, 0.15) is 46.1 Å². The summed E-state index contributed by atoms with van der Waals surface area (Å²) in [6, 6.07) is 11.1. The van der Waals surface area contributed by atoms with E-state index in [-0.39, 0.29) is 30.1 Å². The van der Waals surface area contributed by atoms with Gasteiger partial charge in [-0.25, -0.2) is 4.79 Å². The summed E-state index contributed by atoms with van der Waals surface area (Å²) < 4.78 is 5.38. The van der Waals surface area contributed by atoms with Crippen LogP contribution in [-0.2, 0) is 11.3 Å². The molecule has 2 N–H and O–H groups in total. The van der Waals surface area contributed by atoms with Gasteiger partial charge in [0.15, 0.2) is 5.96 Å². The number of carbonyl (C=O) groups excluding carboxylic acids is 1. The fraction of sp³-hybridized carbons (Fsp3) is 0.652. The number of nitrogens with zero attached hydrogens (tertiary/aromatic N) is 3. The number of hydrogen-bond donors (Lipinski definition) is 2. The van der Waals surface area contributed by atoms with Crippen LogP contribution >= 0.6 is 24.0 Å². The molecule has 0 spiro atoms. The van der Waals surface area contributed by atoms with Crippen molar-refractivity contribution < 1.29 is 9.53 Å². The molecule has 0 bridgehead atoms. The molecule has 1 saturated heterocycles. The third-order valence-corrected chi connectivity index (χ3v) is 4.93. The van der Waals surface area contributed by atoms with E-state index < -0.39 is 5.60 Å². The molecule has 2 rings (SSSR count). The highest BCUT2D eigenvalue weighted by molar-refractivity contribution is 14.0. The SMILES string of the molecule is CCNC(=NCCN(C)C(=O)OC(C)(C)C)NC1CCN(Cc2ccccc2)CC1.I. The fourth-order valence-corrected chi connectivity index (χ4v) is 3.33. The van der Waals surface area contributed by atoms with Crippen molar-refractivity contribution in [3.63, 3.8) is 0 Å². The van der Waals surface area contributed by atoms with Crippen LogP contribution in [0.5, 0.6) is 0 Å². The number of nitrogens with one attached hydrogen (secondary N) is 2. The number of rotatable bonds is 7. The summed E-state index contributed by atoms with van der Waals surface area (Å²) in [7, 11) is 1.74. The quantitative estimate of drug-likeness (QED) is 0.311. The summed E-state index contributed by atoms with van der Waals surface area (Å²) in [6.45, 7) is 12.7. The van der Waals surface area contributed by atoms with Gasteiger partial charge in [0.1, 0.15) is 5.60 Å². The van der Waals surface area contributed by atoms with E-state index in [1.807, 2.05) is 20.8 Å². The second-order valence-electron chi connectivity index (χ2n) is 8.84. The number of amides is 1. The summed E-state index contributed by atoms with van der Waals surface area (Å²) in [6.07, 6.45) is 1.87. The molecule has 0 atom stereocenters. The number of guanidine groups is 1. The van der Waals surface area contributed by atoms with E-state index in [2.05, 4.69) is 57.8 Å². The smallest absolute Gasteiger partial charge is 0.410 e. The minimum Gasteiger partial charge on any atom is -0.444 e. The predicted molar refractivity (Wildman–Crippen MR) is 138 cm³/mol. The lowest BCUT2D eigenvalue weighted by molar-refractivity contribution is 0.0304. The van der Waals surface area contributed by atoms with Crippen LogP contribution in [-0.4, -0.2) is 73.3 Å². The molecule has 0 unspecified atom stereocenters. The average Bonchev–Trinajstić information content (AvgIpc) is 2.69. The Morgan fingerprint density at radius 1 is 1.23 bits per heavy atom. The first-order valence-electron chi connectivity index (χ1n) is 11.0. The number of likely N-dealkylation sites (N-methyl/N-ethyl adjacent to an activating group) is 1. The van der Waals surface area contributed by atoms with E-state index in [0.29, 0.717) is 19.1 Å². The molecule has 0 radical (unpaired) electrons. The number of aliphatic imine (C=N–C) groups is 1. The first-order chi connectivity index (χ1) is 14.3. The van der Waals surface area contributed by atoms with Gasteiger partial charge in [0.2, 0.25) is 0 Å². The molecule has 1 amide bonds. The van der Waals surface area contributed by atoms with Crippen LogP contribution in [0.4, 0.5) is 4.79 Å². The van der Waals surface area contributed by atoms with Crippen LogP contribution in [0.15, 0.2) is 35.3 Å². The lowest BCUT2D eigenvalue weighted by Crippen LogP contribution is -2.48. The second-order valence-corrected chi connectivity index (χ2v) is 8.84. The predicted octanol–water partition coefficient (Wildman–Crippen LogP) is 3.69. The molecule has 8 heteroatoms. The molecule has 0 aliphatic carbocycles. The largest absolute Gasteiger partial charge is 0.444 e. The number of carbonyl (C=O) groups is 1. The summed E-state index contributed by atoms with van der Waals surface area (Å²) in [5.74, 6) is 0.816. The highest BCUT2D eigenvalue weighted by Crippen LogP contribution is 2.14. The van der Waals surface area contributed by atoms with Crippen molar-refractivity contribution in [3.8, 4) is 0 Å². The van der Waals surface area contributed by atoms with Gasteiger partial charge in [0, 0.05) is 45.8 Å². The first kappa shape index (κ1) is 27.5. The topological polar surface area (TPSA) is 69.2 Å². The Kier molecular flexibility index (Phi) is 12.2. The second kappa shape index (κ2) is 13.8. The van der Waals surface area contributed by atoms with Gasteiger partial charge in [-0.15, -0.1) is 24.0 Å². The molecule has 7 nitrogen and oxygen atoms in total. The van der Waals surface area contributed by atoms with E-state index in [1.54, 1.807) is 11.9 Å². The highest BCUT2D eigenvalue weighted by Gasteiger charge is 2.21. The zero-order chi connectivity index (χ0) is 22.0. The van der Waals surface area contributed by atoms with Crippen LogP contribution in [0, 0.1) is 0 Å². The van der Waals surface area contributed by atoms with Crippen LogP contribution in [0.2, 0.25) is 0 Å². The van der Waals surface area contributed by atoms with Crippen LogP contribution < -0.4 is 10.6 Å². The lowest BCUT2D eigenvalue weighted by atomic mass is 10.0. The van der Waals surface area contributed by atoms with Gasteiger partial charge < -0.3 is 20.3 Å². The minimum atomic E-state index is -0.486. The van der Waals surface area contributed by atoms with Crippen molar-refractivity contribution in [1.82, 2.24) is 20.4 Å². The molecule has 1 aromatic carbocycles. The summed E-state index contributed by atoms with van der Waals surface area (Å²) in [4.78, 5) is 20.8. The number of ether oxygens (including phenoxy) is 1. The van der Waals surface area contributed by atoms with Crippen molar-refractivity contribution in [1.29, 1.82) is 0 Å². The maximum Gasteiger partial charge on any atom is 0.410 e. The molecule has 1 aliphatic rings. The number of halogens is 1. The zero-order valence-electron chi connectivity index (χ0n) is 19.7. The van der Waals surface area contributed by atoms with Crippen molar-refractivity contribution in [2.24, 2.45) is 4.99 Å². The summed E-state index contributed by atoms with van der Waals surface area (Å²) >= 11 is 0. The van der Waals surface area contributed by atoms with Crippen LogP contribution in [0.3, 0.4) is 0 Å². The van der Waals surface area contributed by atoms with Crippen molar-refractivity contribution in [3.05, 3.63) is 35.9 Å². The standard InChI is InChI=1S/C23H39N5O2.HI/c1-6-24-21(25-14-17-27(5)22(29)30-23(2,3)4)26-20-12-15-28(16-13-20)18-19-10-8-7-9-11-19;/h7-11,20H,6,12-18H2,1-5H3,(H2,24,25,26);1H. The van der Waals surface area contributed by atoms with E-state index >= 15 is 0 Å². The molecule has 1 aromatic rings. The Labute approximate surface area is 205 Å². The third kappa shape index (κ3) is 11.0. The minimum absolute atomic E-state index is 0. The Morgan fingerprint density at radius 2 is 1.87 bits per heavy atom. The van der Waals surface area contributed by atoms with E-state index in [4.69, 9.17) is 4.74 Å².